The number of carbonyl (C=O) groups excluding carboxylic acids is 1. The fraction of sp³-hybridized carbons (Fsp3) is 0.474. The minimum absolute atomic E-state index is 0.0279. The lowest BCUT2D eigenvalue weighted by molar-refractivity contribution is -0.120. The van der Waals surface area contributed by atoms with Crippen LogP contribution in [0.4, 0.5) is 4.39 Å². The van der Waals surface area contributed by atoms with E-state index in [1.165, 1.54) is 12.1 Å². The van der Waals surface area contributed by atoms with Crippen molar-refractivity contribution in [2.75, 3.05) is 39.4 Å². The molecular formula is C19H25FN4O2. The zero-order chi connectivity index (χ0) is 18.4. The lowest BCUT2D eigenvalue weighted by Crippen LogP contribution is -2.38. The van der Waals surface area contributed by atoms with Gasteiger partial charge >= 0.3 is 0 Å². The van der Waals surface area contributed by atoms with Crippen molar-refractivity contribution in [3.8, 4) is 11.3 Å². The van der Waals surface area contributed by atoms with Crippen molar-refractivity contribution < 1.29 is 13.9 Å². The molecule has 0 radical (unpaired) electrons. The van der Waals surface area contributed by atoms with Gasteiger partial charge in [-0.3, -0.25) is 14.8 Å². The smallest absolute Gasteiger partial charge is 0.224 e. The number of benzene rings is 1. The summed E-state index contributed by atoms with van der Waals surface area (Å²) in [4.78, 5) is 14.7. The first-order valence-electron chi connectivity index (χ1n) is 9.00. The molecule has 1 amide bonds. The number of nitrogens with one attached hydrogen (secondary N) is 2. The maximum Gasteiger partial charge on any atom is 0.224 e. The normalized spacial score (nSPS) is 15.2. The van der Waals surface area contributed by atoms with Crippen molar-refractivity contribution in [2.45, 2.75) is 19.8 Å². The third kappa shape index (κ3) is 4.89. The van der Waals surface area contributed by atoms with Crippen molar-refractivity contribution in [1.29, 1.82) is 0 Å². The number of morpholine rings is 1. The Morgan fingerprint density at radius 2 is 2.04 bits per heavy atom. The number of halogens is 1. The molecule has 0 atom stereocenters. The lowest BCUT2D eigenvalue weighted by Gasteiger charge is -2.26. The van der Waals surface area contributed by atoms with E-state index in [0.717, 1.165) is 56.1 Å². The first-order chi connectivity index (χ1) is 12.6. The van der Waals surface area contributed by atoms with Gasteiger partial charge in [0, 0.05) is 36.5 Å². The van der Waals surface area contributed by atoms with Gasteiger partial charge in [-0.25, -0.2) is 4.39 Å². The molecule has 1 aromatic heterocycles. The van der Waals surface area contributed by atoms with E-state index >= 15 is 0 Å². The highest BCUT2D eigenvalue weighted by Gasteiger charge is 2.16. The standard InChI is InChI=1S/C19H25FN4O2/c1-14-17(19(23-22-14)15-3-5-16(20)6-4-15)13-18(25)21-7-2-8-24-9-11-26-12-10-24/h3-6H,2,7-13H2,1H3,(H,21,25)(H,22,23). The number of aryl methyl sites for hydroxylation is 1. The molecule has 2 heterocycles. The molecule has 0 aliphatic carbocycles. The quantitative estimate of drug-likeness (QED) is 0.740. The van der Waals surface area contributed by atoms with Gasteiger partial charge in [-0.15, -0.1) is 0 Å². The van der Waals surface area contributed by atoms with Crippen molar-refractivity contribution in [2.24, 2.45) is 0 Å². The molecule has 3 rings (SSSR count). The molecule has 140 valence electrons. The van der Waals surface area contributed by atoms with Gasteiger partial charge < -0.3 is 10.1 Å². The Kier molecular flexibility index (Phi) is 6.35. The van der Waals surface area contributed by atoms with Crippen LogP contribution in [-0.2, 0) is 16.0 Å². The Balaban J connectivity index is 1.51. The summed E-state index contributed by atoms with van der Waals surface area (Å²) in [5.41, 5.74) is 3.20. The molecule has 6 nitrogen and oxygen atoms in total. The molecule has 2 aromatic rings. The van der Waals surface area contributed by atoms with E-state index in [0.29, 0.717) is 12.2 Å². The van der Waals surface area contributed by atoms with Crippen LogP contribution in [0.25, 0.3) is 11.3 Å². The van der Waals surface area contributed by atoms with Crippen molar-refractivity contribution >= 4 is 5.91 Å². The highest BCUT2D eigenvalue weighted by Crippen LogP contribution is 2.24. The zero-order valence-electron chi connectivity index (χ0n) is 15.1. The summed E-state index contributed by atoms with van der Waals surface area (Å²) in [6.45, 7) is 7.01. The minimum atomic E-state index is -0.291. The average molecular weight is 360 g/mol. The number of amides is 1. The number of hydrogen-bond acceptors (Lipinski definition) is 4. The number of aromatic nitrogens is 2. The summed E-state index contributed by atoms with van der Waals surface area (Å²) in [6.07, 6.45) is 1.17. The summed E-state index contributed by atoms with van der Waals surface area (Å²) >= 11 is 0. The number of rotatable bonds is 7. The highest BCUT2D eigenvalue weighted by molar-refractivity contribution is 5.81. The predicted octanol–water partition coefficient (Wildman–Crippen LogP) is 1.91. The van der Waals surface area contributed by atoms with E-state index in [2.05, 4.69) is 20.4 Å². The molecule has 1 aromatic carbocycles. The average Bonchev–Trinajstić information content (AvgIpc) is 3.01. The topological polar surface area (TPSA) is 70.2 Å². The van der Waals surface area contributed by atoms with Crippen LogP contribution in [0.3, 0.4) is 0 Å². The summed E-state index contributed by atoms with van der Waals surface area (Å²) in [5.74, 6) is -0.319. The molecule has 1 aliphatic rings. The summed E-state index contributed by atoms with van der Waals surface area (Å²) in [7, 11) is 0. The molecular weight excluding hydrogens is 335 g/mol. The number of aromatic amines is 1. The molecule has 0 saturated carbocycles. The Morgan fingerprint density at radius 1 is 1.31 bits per heavy atom. The fourth-order valence-electron chi connectivity index (χ4n) is 3.09. The number of hydrogen-bond donors (Lipinski definition) is 2. The van der Waals surface area contributed by atoms with Crippen LogP contribution in [0.5, 0.6) is 0 Å². The van der Waals surface area contributed by atoms with Gasteiger partial charge in [-0.1, -0.05) is 0 Å². The highest BCUT2D eigenvalue weighted by atomic mass is 19.1. The molecule has 1 fully saturated rings. The molecule has 0 spiro atoms. The van der Waals surface area contributed by atoms with E-state index in [1.807, 2.05) is 6.92 Å². The monoisotopic (exact) mass is 360 g/mol. The molecule has 26 heavy (non-hydrogen) atoms. The molecule has 0 bridgehead atoms. The van der Waals surface area contributed by atoms with Gasteiger partial charge in [-0.05, 0) is 44.2 Å². The molecule has 1 saturated heterocycles. The molecule has 0 unspecified atom stereocenters. The van der Waals surface area contributed by atoms with Crippen LogP contribution in [0.2, 0.25) is 0 Å². The van der Waals surface area contributed by atoms with Crippen LogP contribution in [-0.4, -0.2) is 60.4 Å². The zero-order valence-corrected chi connectivity index (χ0v) is 15.1. The molecule has 1 aliphatic heterocycles. The SMILES string of the molecule is Cc1[nH]nc(-c2ccc(F)cc2)c1CC(=O)NCCCN1CCOCC1. The number of ether oxygens (including phenoxy) is 1. The maximum atomic E-state index is 13.1. The van der Waals surface area contributed by atoms with Crippen molar-refractivity contribution in [3.63, 3.8) is 0 Å². The fourth-order valence-corrected chi connectivity index (χ4v) is 3.09. The van der Waals surface area contributed by atoms with Gasteiger partial charge in [0.25, 0.3) is 0 Å². The predicted molar refractivity (Wildman–Crippen MR) is 97.3 cm³/mol. The second kappa shape index (κ2) is 8.91. The van der Waals surface area contributed by atoms with Crippen LogP contribution in [0.1, 0.15) is 17.7 Å². The first-order valence-corrected chi connectivity index (χ1v) is 9.00. The maximum absolute atomic E-state index is 13.1. The van der Waals surface area contributed by atoms with Gasteiger partial charge in [0.15, 0.2) is 0 Å². The Morgan fingerprint density at radius 3 is 2.77 bits per heavy atom. The number of nitrogens with zero attached hydrogens (tertiary/aromatic N) is 2. The van der Waals surface area contributed by atoms with Gasteiger partial charge in [0.05, 0.1) is 25.3 Å². The first kappa shape index (κ1) is 18.5. The van der Waals surface area contributed by atoms with E-state index in [4.69, 9.17) is 4.74 Å². The Bertz CT molecular complexity index is 724. The van der Waals surface area contributed by atoms with E-state index in [-0.39, 0.29) is 18.1 Å². The Labute approximate surface area is 152 Å². The second-order valence-electron chi connectivity index (χ2n) is 6.52. The van der Waals surface area contributed by atoms with Gasteiger partial charge in [0.2, 0.25) is 5.91 Å². The van der Waals surface area contributed by atoms with Crippen molar-refractivity contribution in [1.82, 2.24) is 20.4 Å². The number of H-pyrrole nitrogens is 1. The van der Waals surface area contributed by atoms with Gasteiger partial charge in [0.1, 0.15) is 5.82 Å². The largest absolute Gasteiger partial charge is 0.379 e. The van der Waals surface area contributed by atoms with E-state index in [1.54, 1.807) is 12.1 Å². The van der Waals surface area contributed by atoms with Crippen LogP contribution < -0.4 is 5.32 Å². The van der Waals surface area contributed by atoms with Crippen LogP contribution in [0.15, 0.2) is 24.3 Å². The van der Waals surface area contributed by atoms with Crippen molar-refractivity contribution in [3.05, 3.63) is 41.3 Å². The minimum Gasteiger partial charge on any atom is -0.379 e. The Hall–Kier alpha value is -2.25. The number of carbonyl (C=O) groups is 1. The summed E-state index contributed by atoms with van der Waals surface area (Å²) < 4.78 is 18.5. The third-order valence-electron chi connectivity index (χ3n) is 4.61. The lowest BCUT2D eigenvalue weighted by atomic mass is 10.0. The summed E-state index contributed by atoms with van der Waals surface area (Å²) in [6, 6.07) is 6.15. The third-order valence-corrected chi connectivity index (χ3v) is 4.61. The molecule has 2 N–H and O–H groups in total. The summed E-state index contributed by atoms with van der Waals surface area (Å²) in [5, 5.41) is 10.2. The van der Waals surface area contributed by atoms with E-state index < -0.39 is 0 Å². The van der Waals surface area contributed by atoms with Crippen LogP contribution in [0, 0.1) is 12.7 Å². The van der Waals surface area contributed by atoms with Crippen LogP contribution >= 0.6 is 0 Å². The molecule has 7 heteroatoms. The van der Waals surface area contributed by atoms with E-state index in [9.17, 15) is 9.18 Å². The van der Waals surface area contributed by atoms with Gasteiger partial charge in [-0.2, -0.15) is 5.10 Å². The second-order valence-corrected chi connectivity index (χ2v) is 6.52.